The van der Waals surface area contributed by atoms with Crippen molar-refractivity contribution >= 4 is 23.2 Å². The Morgan fingerprint density at radius 3 is 1.42 bits per heavy atom. The van der Waals surface area contributed by atoms with E-state index in [9.17, 15) is 9.59 Å². The molecular formula is C38H44N6O4. The lowest BCUT2D eigenvalue weighted by molar-refractivity contribution is 0.0340. The number of nitrogens with zero attached hydrogens (tertiary/aromatic N) is 4. The van der Waals surface area contributed by atoms with Crippen LogP contribution in [0.4, 0.5) is 11.4 Å². The Labute approximate surface area is 282 Å². The highest BCUT2D eigenvalue weighted by molar-refractivity contribution is 6.05. The van der Waals surface area contributed by atoms with Gasteiger partial charge in [0.25, 0.3) is 11.8 Å². The van der Waals surface area contributed by atoms with E-state index in [1.54, 1.807) is 0 Å². The zero-order valence-corrected chi connectivity index (χ0v) is 28.3. The average Bonchev–Trinajstić information content (AvgIpc) is 3.09. The molecule has 6 rings (SSSR count). The summed E-state index contributed by atoms with van der Waals surface area (Å²) in [4.78, 5) is 40.3. The van der Waals surface area contributed by atoms with Gasteiger partial charge in [0, 0.05) is 63.0 Å². The number of hydrogen-bond acceptors (Lipinski definition) is 8. The number of nitrogens with one attached hydrogen (secondary N) is 2. The molecule has 0 saturated carbocycles. The lowest BCUT2D eigenvalue weighted by atomic mass is 9.94. The molecule has 4 aromatic rings. The fraction of sp³-hybridized carbons (Fsp3) is 0.368. The first kappa shape index (κ1) is 33.4. The van der Waals surface area contributed by atoms with Crippen LogP contribution in [0.25, 0.3) is 11.1 Å². The zero-order valence-electron chi connectivity index (χ0n) is 28.3. The van der Waals surface area contributed by atoms with Crippen LogP contribution < -0.4 is 10.6 Å². The van der Waals surface area contributed by atoms with E-state index in [2.05, 4.69) is 30.4 Å². The minimum atomic E-state index is -0.257. The van der Waals surface area contributed by atoms with Crippen molar-refractivity contribution in [2.45, 2.75) is 40.8 Å². The number of pyridine rings is 2. The molecule has 10 nitrogen and oxygen atoms in total. The predicted molar refractivity (Wildman–Crippen MR) is 187 cm³/mol. The molecule has 2 aromatic carbocycles. The molecule has 0 bridgehead atoms. The molecule has 0 aliphatic carbocycles. The minimum Gasteiger partial charge on any atom is -0.379 e. The highest BCUT2D eigenvalue weighted by Gasteiger charge is 2.19. The highest BCUT2D eigenvalue weighted by Crippen LogP contribution is 2.34. The molecule has 48 heavy (non-hydrogen) atoms. The summed E-state index contributed by atoms with van der Waals surface area (Å²) >= 11 is 0. The number of hydrogen-bond donors (Lipinski definition) is 2. The fourth-order valence-corrected chi connectivity index (χ4v) is 6.25. The smallest absolute Gasteiger partial charge is 0.274 e. The third-order valence-electron chi connectivity index (χ3n) is 9.35. The minimum absolute atomic E-state index is 0.257. The van der Waals surface area contributed by atoms with Crippen molar-refractivity contribution in [3.63, 3.8) is 0 Å². The second kappa shape index (κ2) is 15.2. The Morgan fingerprint density at radius 2 is 1.04 bits per heavy atom. The summed E-state index contributed by atoms with van der Waals surface area (Å²) in [6, 6.07) is 15.4. The van der Waals surface area contributed by atoms with Crippen LogP contribution >= 0.6 is 0 Å². The van der Waals surface area contributed by atoms with Crippen molar-refractivity contribution in [2.24, 2.45) is 0 Å². The molecule has 2 N–H and O–H groups in total. The van der Waals surface area contributed by atoms with Crippen LogP contribution in [-0.4, -0.2) is 84.2 Å². The van der Waals surface area contributed by atoms with E-state index in [0.29, 0.717) is 22.8 Å². The van der Waals surface area contributed by atoms with Crippen molar-refractivity contribution < 1.29 is 19.1 Å². The van der Waals surface area contributed by atoms with Gasteiger partial charge in [-0.2, -0.15) is 0 Å². The van der Waals surface area contributed by atoms with E-state index in [0.717, 1.165) is 110 Å². The molecule has 0 spiro atoms. The molecule has 0 unspecified atom stereocenters. The van der Waals surface area contributed by atoms with Crippen LogP contribution in [0.5, 0.6) is 0 Å². The second-order valence-electron chi connectivity index (χ2n) is 12.6. The standard InChI is InChI=1S/C38H44N6O4/c1-25-19-35(39-21-29(25)23-43-11-15-47-16-12-43)37(45)41-33-9-5-7-31(27(33)3)32-8-6-10-34(28(32)4)42-38(46)36-20-26(2)30(22-40-36)24-44-13-17-48-18-14-44/h5-10,19-22H,11-18,23-24H2,1-4H3,(H,41,45)(H,42,46). The van der Waals surface area contributed by atoms with Gasteiger partial charge in [0.15, 0.2) is 0 Å². The summed E-state index contributed by atoms with van der Waals surface area (Å²) in [6.07, 6.45) is 3.62. The number of carbonyl (C=O) groups excluding carboxylic acids is 2. The quantitative estimate of drug-likeness (QED) is 0.244. The molecule has 2 saturated heterocycles. The topological polar surface area (TPSA) is 109 Å². The number of anilines is 2. The van der Waals surface area contributed by atoms with Crippen LogP contribution in [0.1, 0.15) is 54.4 Å². The van der Waals surface area contributed by atoms with Crippen molar-refractivity contribution in [3.05, 3.63) is 106 Å². The lowest BCUT2D eigenvalue weighted by Gasteiger charge is -2.27. The molecule has 2 fully saturated rings. The van der Waals surface area contributed by atoms with E-state index in [-0.39, 0.29) is 11.8 Å². The number of carbonyl (C=O) groups is 2. The monoisotopic (exact) mass is 648 g/mol. The van der Waals surface area contributed by atoms with E-state index in [1.165, 1.54) is 0 Å². The van der Waals surface area contributed by atoms with Gasteiger partial charge in [0.1, 0.15) is 11.4 Å². The number of aromatic nitrogens is 2. The Bertz CT molecular complexity index is 1670. The highest BCUT2D eigenvalue weighted by atomic mass is 16.5. The number of morpholine rings is 2. The van der Waals surface area contributed by atoms with Gasteiger partial charge < -0.3 is 20.1 Å². The van der Waals surface area contributed by atoms with Crippen molar-refractivity contribution in [3.8, 4) is 11.1 Å². The molecule has 0 atom stereocenters. The van der Waals surface area contributed by atoms with Gasteiger partial charge in [-0.25, -0.2) is 0 Å². The SMILES string of the molecule is Cc1cc(C(=O)Nc2cccc(-c3cccc(NC(=O)c4cc(C)c(CN5CCOCC5)cn4)c3C)c2C)ncc1CN1CCOCC1. The molecule has 2 aromatic heterocycles. The molecule has 2 aliphatic heterocycles. The van der Waals surface area contributed by atoms with Gasteiger partial charge in [0.2, 0.25) is 0 Å². The maximum Gasteiger partial charge on any atom is 0.274 e. The summed E-state index contributed by atoms with van der Waals surface area (Å²) in [6.45, 7) is 16.2. The van der Waals surface area contributed by atoms with E-state index in [1.807, 2.05) is 88.6 Å². The second-order valence-corrected chi connectivity index (χ2v) is 12.6. The first-order valence-corrected chi connectivity index (χ1v) is 16.6. The van der Waals surface area contributed by atoms with Gasteiger partial charge in [0.05, 0.1) is 26.4 Å². The summed E-state index contributed by atoms with van der Waals surface area (Å²) in [5.41, 5.74) is 10.2. The number of ether oxygens (including phenoxy) is 2. The van der Waals surface area contributed by atoms with Crippen LogP contribution in [0.3, 0.4) is 0 Å². The summed E-state index contributed by atoms with van der Waals surface area (Å²) in [5, 5.41) is 6.14. The van der Waals surface area contributed by atoms with E-state index in [4.69, 9.17) is 9.47 Å². The molecular weight excluding hydrogens is 604 g/mol. The Morgan fingerprint density at radius 1 is 0.646 bits per heavy atom. The predicted octanol–water partition coefficient (Wildman–Crippen LogP) is 5.55. The van der Waals surface area contributed by atoms with Gasteiger partial charge in [-0.1, -0.05) is 24.3 Å². The number of aryl methyl sites for hydroxylation is 2. The maximum absolute atomic E-state index is 13.3. The van der Waals surface area contributed by atoms with E-state index < -0.39 is 0 Å². The van der Waals surface area contributed by atoms with Crippen LogP contribution in [0.15, 0.2) is 60.9 Å². The summed E-state index contributed by atoms with van der Waals surface area (Å²) in [7, 11) is 0. The average molecular weight is 649 g/mol. The first-order chi connectivity index (χ1) is 23.3. The molecule has 250 valence electrons. The van der Waals surface area contributed by atoms with Gasteiger partial charge >= 0.3 is 0 Å². The molecule has 0 radical (unpaired) electrons. The molecule has 2 aliphatic rings. The number of benzene rings is 2. The number of rotatable bonds is 9. The van der Waals surface area contributed by atoms with Gasteiger partial charge in [-0.15, -0.1) is 0 Å². The summed E-state index contributed by atoms with van der Waals surface area (Å²) < 4.78 is 10.9. The van der Waals surface area contributed by atoms with Crippen LogP contribution in [0.2, 0.25) is 0 Å². The van der Waals surface area contributed by atoms with Gasteiger partial charge in [-0.3, -0.25) is 29.4 Å². The normalized spacial score (nSPS) is 15.7. The van der Waals surface area contributed by atoms with Crippen LogP contribution in [0, 0.1) is 27.7 Å². The zero-order chi connectivity index (χ0) is 33.6. The van der Waals surface area contributed by atoms with Crippen molar-refractivity contribution in [1.29, 1.82) is 0 Å². The lowest BCUT2D eigenvalue weighted by Crippen LogP contribution is -2.35. The molecule has 4 heterocycles. The molecule has 2 amide bonds. The Balaban J connectivity index is 1.14. The maximum atomic E-state index is 13.3. The number of amides is 2. The Hall–Kier alpha value is -4.48. The fourth-order valence-electron chi connectivity index (χ4n) is 6.25. The Kier molecular flexibility index (Phi) is 10.6. The summed E-state index contributed by atoms with van der Waals surface area (Å²) in [5.74, 6) is -0.513. The van der Waals surface area contributed by atoms with Crippen molar-refractivity contribution in [2.75, 3.05) is 63.2 Å². The molecule has 10 heteroatoms. The van der Waals surface area contributed by atoms with E-state index >= 15 is 0 Å². The van der Waals surface area contributed by atoms with Crippen molar-refractivity contribution in [1.82, 2.24) is 19.8 Å². The third-order valence-corrected chi connectivity index (χ3v) is 9.35. The first-order valence-electron chi connectivity index (χ1n) is 16.6. The van der Waals surface area contributed by atoms with Gasteiger partial charge in [-0.05, 0) is 96.5 Å². The third kappa shape index (κ3) is 7.79. The van der Waals surface area contributed by atoms with Crippen LogP contribution in [-0.2, 0) is 22.6 Å². The largest absolute Gasteiger partial charge is 0.379 e.